The number of hydrogen-bond acceptors (Lipinski definition) is 8. The van der Waals surface area contributed by atoms with Crippen LogP contribution in [0.4, 0.5) is 10.5 Å². The minimum atomic E-state index is -1.42. The molecule has 11 heteroatoms. The van der Waals surface area contributed by atoms with E-state index in [9.17, 15) is 24.0 Å². The molecule has 0 saturated heterocycles. The first-order chi connectivity index (χ1) is 22.9. The summed E-state index contributed by atoms with van der Waals surface area (Å²) >= 11 is 0. The van der Waals surface area contributed by atoms with Crippen LogP contribution in [0.5, 0.6) is 0 Å². The van der Waals surface area contributed by atoms with E-state index in [2.05, 4.69) is 16.0 Å². The predicted molar refractivity (Wildman–Crippen MR) is 180 cm³/mol. The van der Waals surface area contributed by atoms with Crippen molar-refractivity contribution in [3.05, 3.63) is 114 Å². The van der Waals surface area contributed by atoms with Crippen LogP contribution in [-0.4, -0.2) is 54.6 Å². The lowest BCUT2D eigenvalue weighted by atomic mass is 9.98. The molecule has 0 aliphatic heterocycles. The van der Waals surface area contributed by atoms with E-state index in [1.54, 1.807) is 32.9 Å². The number of carbonyl (C=O) groups excluding carboxylic acids is 5. The fraction of sp³-hybridized carbons (Fsp3) is 0.270. The molecule has 3 N–H and O–H groups in total. The third kappa shape index (κ3) is 10.4. The summed E-state index contributed by atoms with van der Waals surface area (Å²) in [7, 11) is 1.21. The lowest BCUT2D eigenvalue weighted by Crippen LogP contribution is -2.53. The molecule has 4 rings (SSSR count). The number of nitrogens with one attached hydrogen (secondary N) is 3. The van der Waals surface area contributed by atoms with E-state index >= 15 is 0 Å². The molecule has 2 atom stereocenters. The minimum Gasteiger partial charge on any atom is -0.467 e. The topological polar surface area (TPSA) is 149 Å². The van der Waals surface area contributed by atoms with Gasteiger partial charge in [-0.05, 0) is 60.9 Å². The minimum absolute atomic E-state index is 0.0569. The van der Waals surface area contributed by atoms with Crippen LogP contribution < -0.4 is 16.0 Å². The maximum Gasteiger partial charge on any atom is 0.411 e. The largest absolute Gasteiger partial charge is 0.467 e. The molecule has 0 unspecified atom stereocenters. The first-order valence-corrected chi connectivity index (χ1v) is 15.4. The van der Waals surface area contributed by atoms with Crippen LogP contribution in [0.3, 0.4) is 0 Å². The van der Waals surface area contributed by atoms with Crippen molar-refractivity contribution < 1.29 is 38.2 Å². The molecule has 3 amide bonds. The summed E-state index contributed by atoms with van der Waals surface area (Å²) in [5.74, 6) is -2.92. The Morgan fingerprint density at radius 2 is 1.46 bits per heavy atom. The van der Waals surface area contributed by atoms with Gasteiger partial charge in [0.05, 0.1) is 13.5 Å². The van der Waals surface area contributed by atoms with Gasteiger partial charge in [-0.1, -0.05) is 78.9 Å². The van der Waals surface area contributed by atoms with Crippen molar-refractivity contribution in [1.82, 2.24) is 10.6 Å². The fourth-order valence-corrected chi connectivity index (χ4v) is 4.91. The first kappa shape index (κ1) is 35.1. The summed E-state index contributed by atoms with van der Waals surface area (Å²) in [6.07, 6.45) is -1.14. The Labute approximate surface area is 278 Å². The standard InChI is InChI=1S/C37H39N3O8/c1-37(2,3)48-32(41)22-30(34(43)40-31(35(44)46-4)21-26-16-10-15-25-14-8-9-19-29(25)26)39-33(42)27-17-11-18-28(20-27)38-36(45)47-23-24-12-6-5-7-13-24/h5-20,30-31H,21-23H2,1-4H3,(H,38,45)(H,39,42)(H,40,43)/t30-,31-/m0/s1. The maximum absolute atomic E-state index is 13.7. The number of rotatable bonds is 12. The monoisotopic (exact) mass is 653 g/mol. The zero-order valence-corrected chi connectivity index (χ0v) is 27.3. The van der Waals surface area contributed by atoms with Crippen molar-refractivity contribution in [2.75, 3.05) is 12.4 Å². The smallest absolute Gasteiger partial charge is 0.411 e. The summed E-state index contributed by atoms with van der Waals surface area (Å²) in [5.41, 5.74) is 1.12. The number of anilines is 1. The second-order valence-corrected chi connectivity index (χ2v) is 12.0. The summed E-state index contributed by atoms with van der Waals surface area (Å²) in [6, 6.07) is 25.9. The molecule has 4 aromatic carbocycles. The van der Waals surface area contributed by atoms with Crippen LogP contribution in [-0.2, 0) is 41.6 Å². The molecule has 250 valence electrons. The predicted octanol–water partition coefficient (Wildman–Crippen LogP) is 5.32. The first-order valence-electron chi connectivity index (χ1n) is 15.4. The average Bonchev–Trinajstić information content (AvgIpc) is 3.06. The number of ether oxygens (including phenoxy) is 3. The molecule has 4 aromatic rings. The summed E-state index contributed by atoms with van der Waals surface area (Å²) in [6.45, 7) is 5.10. The number of benzene rings is 4. The molecule has 0 fully saturated rings. The van der Waals surface area contributed by atoms with E-state index in [4.69, 9.17) is 14.2 Å². The van der Waals surface area contributed by atoms with Crippen LogP contribution in [0.2, 0.25) is 0 Å². The van der Waals surface area contributed by atoms with Crippen LogP contribution in [0.1, 0.15) is 48.7 Å². The van der Waals surface area contributed by atoms with E-state index in [0.717, 1.165) is 21.9 Å². The highest BCUT2D eigenvalue weighted by Crippen LogP contribution is 2.20. The highest BCUT2D eigenvalue weighted by Gasteiger charge is 2.31. The Bertz CT molecular complexity index is 1760. The Kier molecular flexibility index (Phi) is 11.9. The molecule has 0 heterocycles. The van der Waals surface area contributed by atoms with Gasteiger partial charge in [-0.25, -0.2) is 9.59 Å². The number of methoxy groups -OCH3 is 1. The molecule has 0 aliphatic carbocycles. The average molecular weight is 654 g/mol. The van der Waals surface area contributed by atoms with Crippen molar-refractivity contribution in [2.45, 2.75) is 57.9 Å². The Morgan fingerprint density at radius 3 is 2.19 bits per heavy atom. The van der Waals surface area contributed by atoms with E-state index in [0.29, 0.717) is 0 Å². The third-order valence-electron chi connectivity index (χ3n) is 7.10. The molecular formula is C37H39N3O8. The van der Waals surface area contributed by atoms with Crippen LogP contribution >= 0.6 is 0 Å². The molecule has 0 aliphatic rings. The maximum atomic E-state index is 13.7. The molecule has 0 aromatic heterocycles. The highest BCUT2D eigenvalue weighted by molar-refractivity contribution is 6.00. The van der Waals surface area contributed by atoms with E-state index in [-0.39, 0.29) is 24.3 Å². The molecule has 0 spiro atoms. The number of carbonyl (C=O) groups is 5. The van der Waals surface area contributed by atoms with Gasteiger partial charge in [-0.3, -0.25) is 19.7 Å². The van der Waals surface area contributed by atoms with Crippen molar-refractivity contribution in [3.63, 3.8) is 0 Å². The third-order valence-corrected chi connectivity index (χ3v) is 7.10. The van der Waals surface area contributed by atoms with Crippen molar-refractivity contribution in [1.29, 1.82) is 0 Å². The molecule has 0 bridgehead atoms. The van der Waals surface area contributed by atoms with Gasteiger partial charge in [0, 0.05) is 17.7 Å². The summed E-state index contributed by atoms with van der Waals surface area (Å²) in [5, 5.41) is 9.68. The molecular weight excluding hydrogens is 614 g/mol. The second-order valence-electron chi connectivity index (χ2n) is 12.0. The zero-order valence-electron chi connectivity index (χ0n) is 27.3. The number of amides is 3. The van der Waals surface area contributed by atoms with Gasteiger partial charge >= 0.3 is 18.0 Å². The Morgan fingerprint density at radius 1 is 0.771 bits per heavy atom. The SMILES string of the molecule is COC(=O)[C@H](Cc1cccc2ccccc12)NC(=O)[C@H](CC(=O)OC(C)(C)C)NC(=O)c1cccc(NC(=O)OCc2ccccc2)c1. The normalized spacial score (nSPS) is 12.2. The fourth-order valence-electron chi connectivity index (χ4n) is 4.91. The lowest BCUT2D eigenvalue weighted by Gasteiger charge is -2.24. The quantitative estimate of drug-likeness (QED) is 0.137. The van der Waals surface area contributed by atoms with Crippen molar-refractivity contribution in [2.24, 2.45) is 0 Å². The summed E-state index contributed by atoms with van der Waals surface area (Å²) in [4.78, 5) is 65.2. The molecule has 0 radical (unpaired) electrons. The Hall–Kier alpha value is -5.71. The van der Waals surface area contributed by atoms with Gasteiger partial charge in [-0.15, -0.1) is 0 Å². The lowest BCUT2D eigenvalue weighted by molar-refractivity contribution is -0.156. The van der Waals surface area contributed by atoms with E-state index < -0.39 is 54.0 Å². The zero-order chi connectivity index (χ0) is 34.7. The molecule has 0 saturated carbocycles. The molecule has 48 heavy (non-hydrogen) atoms. The number of esters is 2. The Balaban J connectivity index is 1.50. The number of fused-ring (bicyclic) bond motifs is 1. The second kappa shape index (κ2) is 16.2. The number of hydrogen-bond donors (Lipinski definition) is 3. The summed E-state index contributed by atoms with van der Waals surface area (Å²) < 4.78 is 15.7. The van der Waals surface area contributed by atoms with Gasteiger partial charge in [0.25, 0.3) is 5.91 Å². The van der Waals surface area contributed by atoms with Gasteiger partial charge in [0.2, 0.25) is 5.91 Å². The van der Waals surface area contributed by atoms with Crippen molar-refractivity contribution >= 4 is 46.3 Å². The van der Waals surface area contributed by atoms with Crippen LogP contribution in [0.25, 0.3) is 10.8 Å². The van der Waals surface area contributed by atoms with E-state index in [1.165, 1.54) is 19.2 Å². The van der Waals surface area contributed by atoms with Gasteiger partial charge < -0.3 is 24.8 Å². The van der Waals surface area contributed by atoms with Gasteiger partial charge in [0.15, 0.2) is 0 Å². The van der Waals surface area contributed by atoms with Crippen LogP contribution in [0, 0.1) is 0 Å². The van der Waals surface area contributed by atoms with Crippen molar-refractivity contribution in [3.8, 4) is 0 Å². The van der Waals surface area contributed by atoms with Crippen LogP contribution in [0.15, 0.2) is 97.1 Å². The van der Waals surface area contributed by atoms with Gasteiger partial charge in [0.1, 0.15) is 24.3 Å². The molecule has 11 nitrogen and oxygen atoms in total. The highest BCUT2D eigenvalue weighted by atomic mass is 16.6. The van der Waals surface area contributed by atoms with E-state index in [1.807, 2.05) is 72.8 Å². The van der Waals surface area contributed by atoms with Gasteiger partial charge in [-0.2, -0.15) is 0 Å².